The maximum absolute atomic E-state index is 12.4. The Hall–Kier alpha value is -2.46. The lowest BCUT2D eigenvalue weighted by molar-refractivity contribution is -0.123. The van der Waals surface area contributed by atoms with Crippen LogP contribution < -0.4 is 16.0 Å². The van der Waals surface area contributed by atoms with Gasteiger partial charge in [-0.3, -0.25) is 4.79 Å². The average Bonchev–Trinajstić information content (AvgIpc) is 2.73. The van der Waals surface area contributed by atoms with E-state index in [0.29, 0.717) is 6.42 Å². The number of nitrogens with one attached hydrogen (secondary N) is 3. The first-order valence-electron chi connectivity index (χ1n) is 10.5. The van der Waals surface area contributed by atoms with E-state index in [1.54, 1.807) is 32.5 Å². The van der Waals surface area contributed by atoms with E-state index in [4.69, 9.17) is 14.2 Å². The molecule has 1 rings (SSSR count). The van der Waals surface area contributed by atoms with Crippen LogP contribution in [0, 0.1) is 0 Å². The third kappa shape index (κ3) is 13.8. The molecule has 180 valence electrons. The van der Waals surface area contributed by atoms with E-state index in [2.05, 4.69) is 16.0 Å². The number of alkyl carbamates (subject to hydrolysis) is 2. The second-order valence-corrected chi connectivity index (χ2v) is 8.86. The molecule has 9 nitrogen and oxygen atoms in total. The van der Waals surface area contributed by atoms with Gasteiger partial charge in [0, 0.05) is 13.1 Å². The molecule has 3 amide bonds. The summed E-state index contributed by atoms with van der Waals surface area (Å²) >= 11 is 1.59. The summed E-state index contributed by atoms with van der Waals surface area (Å²) in [6, 6.07) is 8.71. The minimum Gasteiger partial charge on any atom is -0.445 e. The fourth-order valence-corrected chi connectivity index (χ4v) is 2.90. The van der Waals surface area contributed by atoms with Crippen molar-refractivity contribution >= 4 is 29.9 Å². The van der Waals surface area contributed by atoms with Gasteiger partial charge < -0.3 is 30.2 Å². The Morgan fingerprint density at radius 3 is 2.28 bits per heavy atom. The number of amides is 3. The summed E-state index contributed by atoms with van der Waals surface area (Å²) in [6.07, 6.45) is 1.28. The van der Waals surface area contributed by atoms with Gasteiger partial charge in [-0.25, -0.2) is 9.59 Å². The molecule has 0 radical (unpaired) electrons. The Bertz CT molecular complexity index is 697. The molecule has 0 aliphatic heterocycles. The monoisotopic (exact) mass is 469 g/mol. The first kappa shape index (κ1) is 27.6. The summed E-state index contributed by atoms with van der Waals surface area (Å²) in [5.74, 6) is 0.423. The maximum atomic E-state index is 12.4. The van der Waals surface area contributed by atoms with Gasteiger partial charge in [0.05, 0.1) is 13.2 Å². The molecule has 0 spiro atoms. The van der Waals surface area contributed by atoms with Gasteiger partial charge in [-0.2, -0.15) is 11.8 Å². The van der Waals surface area contributed by atoms with E-state index in [-0.39, 0.29) is 38.8 Å². The molecule has 1 aromatic rings. The second kappa shape index (κ2) is 15.4. The van der Waals surface area contributed by atoms with Crippen LogP contribution >= 0.6 is 11.8 Å². The summed E-state index contributed by atoms with van der Waals surface area (Å²) in [5, 5.41) is 7.96. The Morgan fingerprint density at radius 1 is 1.00 bits per heavy atom. The van der Waals surface area contributed by atoms with Crippen molar-refractivity contribution in [1.29, 1.82) is 0 Å². The van der Waals surface area contributed by atoms with E-state index >= 15 is 0 Å². The highest BCUT2D eigenvalue weighted by molar-refractivity contribution is 7.98. The van der Waals surface area contributed by atoms with Crippen molar-refractivity contribution in [2.75, 3.05) is 38.3 Å². The van der Waals surface area contributed by atoms with Gasteiger partial charge in [-0.05, 0) is 44.8 Å². The molecular formula is C22H35N3O6S. The standard InChI is InChI=1S/C22H35N3O6S/c1-22(2,3)31-21(28)25-18(10-15-32-4)19(26)23-11-13-29-14-12-24-20(27)30-16-17-8-6-5-7-9-17/h5-9,18H,10-16H2,1-4H3,(H,23,26)(H,24,27)(H,25,28). The van der Waals surface area contributed by atoms with Crippen LogP contribution in [-0.4, -0.2) is 68.0 Å². The SMILES string of the molecule is CSCCC(NC(=O)OC(C)(C)C)C(=O)NCCOCCNC(=O)OCc1ccccc1. The van der Waals surface area contributed by atoms with Crippen LogP contribution in [0.15, 0.2) is 30.3 Å². The fourth-order valence-electron chi connectivity index (χ4n) is 2.43. The zero-order chi connectivity index (χ0) is 23.8. The van der Waals surface area contributed by atoms with Gasteiger partial charge >= 0.3 is 12.2 Å². The number of hydrogen-bond acceptors (Lipinski definition) is 7. The molecule has 0 bridgehead atoms. The molecule has 1 atom stereocenters. The van der Waals surface area contributed by atoms with Crippen molar-refractivity contribution in [3.63, 3.8) is 0 Å². The number of rotatable bonds is 13. The molecule has 0 fully saturated rings. The van der Waals surface area contributed by atoms with E-state index in [9.17, 15) is 14.4 Å². The zero-order valence-corrected chi connectivity index (χ0v) is 20.1. The number of carbonyl (C=O) groups is 3. The predicted molar refractivity (Wildman–Crippen MR) is 125 cm³/mol. The molecule has 3 N–H and O–H groups in total. The van der Waals surface area contributed by atoms with Gasteiger partial charge in [0.25, 0.3) is 0 Å². The van der Waals surface area contributed by atoms with Crippen LogP contribution in [0.25, 0.3) is 0 Å². The smallest absolute Gasteiger partial charge is 0.408 e. The average molecular weight is 470 g/mol. The summed E-state index contributed by atoms with van der Waals surface area (Å²) in [4.78, 5) is 36.0. The third-order valence-electron chi connectivity index (χ3n) is 3.89. The largest absolute Gasteiger partial charge is 0.445 e. The molecular weight excluding hydrogens is 434 g/mol. The van der Waals surface area contributed by atoms with Gasteiger partial charge in [-0.15, -0.1) is 0 Å². The van der Waals surface area contributed by atoms with Crippen molar-refractivity contribution in [2.24, 2.45) is 0 Å². The van der Waals surface area contributed by atoms with Crippen LogP contribution in [-0.2, 0) is 25.6 Å². The quantitative estimate of drug-likeness (QED) is 0.381. The Labute approximate surface area is 194 Å². The molecule has 0 saturated heterocycles. The molecule has 32 heavy (non-hydrogen) atoms. The van der Waals surface area contributed by atoms with Crippen molar-refractivity contribution in [3.8, 4) is 0 Å². The lowest BCUT2D eigenvalue weighted by atomic mass is 10.2. The van der Waals surface area contributed by atoms with Crippen LogP contribution in [0.3, 0.4) is 0 Å². The molecule has 0 aliphatic carbocycles. The van der Waals surface area contributed by atoms with E-state index in [1.807, 2.05) is 36.6 Å². The van der Waals surface area contributed by atoms with Crippen LogP contribution in [0.4, 0.5) is 9.59 Å². The van der Waals surface area contributed by atoms with Crippen molar-refractivity contribution in [1.82, 2.24) is 16.0 Å². The highest BCUT2D eigenvalue weighted by Gasteiger charge is 2.23. The molecule has 10 heteroatoms. The molecule has 0 aliphatic rings. The molecule has 0 heterocycles. The van der Waals surface area contributed by atoms with Crippen molar-refractivity contribution in [2.45, 2.75) is 45.4 Å². The summed E-state index contributed by atoms with van der Waals surface area (Å²) in [7, 11) is 0. The lowest BCUT2D eigenvalue weighted by Gasteiger charge is -2.23. The maximum Gasteiger partial charge on any atom is 0.408 e. The van der Waals surface area contributed by atoms with Crippen LogP contribution in [0.5, 0.6) is 0 Å². The van der Waals surface area contributed by atoms with E-state index in [1.165, 1.54) is 0 Å². The second-order valence-electron chi connectivity index (χ2n) is 7.87. The number of carbonyl (C=O) groups excluding carboxylic acids is 3. The number of ether oxygens (including phenoxy) is 3. The number of thioether (sulfide) groups is 1. The Balaban J connectivity index is 2.18. The first-order valence-corrected chi connectivity index (χ1v) is 11.9. The van der Waals surface area contributed by atoms with Gasteiger partial charge in [0.15, 0.2) is 0 Å². The summed E-state index contributed by atoms with van der Waals surface area (Å²) < 4.78 is 15.7. The number of hydrogen-bond donors (Lipinski definition) is 3. The lowest BCUT2D eigenvalue weighted by Crippen LogP contribution is -2.49. The Kier molecular flexibility index (Phi) is 13.2. The van der Waals surface area contributed by atoms with Crippen LogP contribution in [0.1, 0.15) is 32.8 Å². The van der Waals surface area contributed by atoms with Crippen molar-refractivity contribution in [3.05, 3.63) is 35.9 Å². The molecule has 0 saturated carbocycles. The van der Waals surface area contributed by atoms with Crippen molar-refractivity contribution < 1.29 is 28.6 Å². The summed E-state index contributed by atoms with van der Waals surface area (Å²) in [6.45, 7) is 6.61. The molecule has 0 aromatic heterocycles. The predicted octanol–water partition coefficient (Wildman–Crippen LogP) is 2.69. The van der Waals surface area contributed by atoms with E-state index in [0.717, 1.165) is 11.3 Å². The molecule has 1 unspecified atom stereocenters. The highest BCUT2D eigenvalue weighted by atomic mass is 32.2. The minimum atomic E-state index is -0.682. The van der Waals surface area contributed by atoms with Crippen LogP contribution in [0.2, 0.25) is 0 Å². The minimum absolute atomic E-state index is 0.203. The Morgan fingerprint density at radius 2 is 1.66 bits per heavy atom. The third-order valence-corrected chi connectivity index (χ3v) is 4.54. The van der Waals surface area contributed by atoms with E-state index < -0.39 is 23.8 Å². The molecule has 1 aromatic carbocycles. The highest BCUT2D eigenvalue weighted by Crippen LogP contribution is 2.08. The van der Waals surface area contributed by atoms with Gasteiger partial charge in [0.2, 0.25) is 5.91 Å². The number of benzene rings is 1. The first-order chi connectivity index (χ1) is 15.2. The fraction of sp³-hybridized carbons (Fsp3) is 0.591. The zero-order valence-electron chi connectivity index (χ0n) is 19.3. The topological polar surface area (TPSA) is 115 Å². The van der Waals surface area contributed by atoms with Gasteiger partial charge in [-0.1, -0.05) is 30.3 Å². The normalized spacial score (nSPS) is 11.9. The van der Waals surface area contributed by atoms with Gasteiger partial charge in [0.1, 0.15) is 18.2 Å². The summed E-state index contributed by atoms with van der Waals surface area (Å²) in [5.41, 5.74) is 0.270.